The topological polar surface area (TPSA) is 87.2 Å². The van der Waals surface area contributed by atoms with Crippen LogP contribution in [0.25, 0.3) is 0 Å². The molecule has 0 N–H and O–H groups in total. The van der Waals surface area contributed by atoms with E-state index < -0.39 is 21.8 Å². The molecule has 2 saturated heterocycles. The highest BCUT2D eigenvalue weighted by molar-refractivity contribution is 7.89. The lowest BCUT2D eigenvalue weighted by Gasteiger charge is -2.35. The Bertz CT molecular complexity index is 800. The molecule has 0 bridgehead atoms. The fourth-order valence-electron chi connectivity index (χ4n) is 2.81. The van der Waals surface area contributed by atoms with Crippen molar-refractivity contribution in [2.75, 3.05) is 52.5 Å². The summed E-state index contributed by atoms with van der Waals surface area (Å²) in [6.45, 7) is 2.06. The summed E-state index contributed by atoms with van der Waals surface area (Å²) in [4.78, 5) is 27.4. The lowest BCUT2D eigenvalue weighted by Crippen LogP contribution is -2.55. The number of amides is 2. The van der Waals surface area contributed by atoms with E-state index in [-0.39, 0.29) is 35.4 Å². The number of nitrogens with zero attached hydrogens (tertiary/aromatic N) is 3. The molecule has 26 heavy (non-hydrogen) atoms. The van der Waals surface area contributed by atoms with Gasteiger partial charge in [0.25, 0.3) is 0 Å². The first-order valence-corrected chi connectivity index (χ1v) is 10.9. The van der Waals surface area contributed by atoms with E-state index in [0.29, 0.717) is 30.6 Å². The van der Waals surface area contributed by atoms with Crippen molar-refractivity contribution in [3.05, 3.63) is 14.7 Å². The quantitative estimate of drug-likeness (QED) is 0.631. The minimum absolute atomic E-state index is 0.0293. The van der Waals surface area contributed by atoms with Crippen LogP contribution in [0.4, 0.5) is 0 Å². The molecule has 144 valence electrons. The molecule has 12 heteroatoms. The van der Waals surface area contributed by atoms with Crippen molar-refractivity contribution in [3.63, 3.8) is 0 Å². The van der Waals surface area contributed by atoms with Crippen molar-refractivity contribution in [1.82, 2.24) is 14.1 Å². The molecule has 0 atom stereocenters. The van der Waals surface area contributed by atoms with Gasteiger partial charge in [-0.1, -0.05) is 23.2 Å². The maximum absolute atomic E-state index is 12.7. The molecule has 0 radical (unpaired) electrons. The van der Waals surface area contributed by atoms with Crippen molar-refractivity contribution < 1.29 is 22.7 Å². The molecule has 2 aliphatic rings. The Morgan fingerprint density at radius 3 is 2.00 bits per heavy atom. The number of carbonyl (C=O) groups is 2. The van der Waals surface area contributed by atoms with Gasteiger partial charge < -0.3 is 14.5 Å². The number of morpholine rings is 1. The number of hydrogen-bond acceptors (Lipinski definition) is 6. The number of piperazine rings is 1. The van der Waals surface area contributed by atoms with Gasteiger partial charge in [-0.3, -0.25) is 9.59 Å². The number of halogens is 2. The van der Waals surface area contributed by atoms with E-state index in [9.17, 15) is 18.0 Å². The van der Waals surface area contributed by atoms with Gasteiger partial charge in [-0.2, -0.15) is 4.31 Å². The third-order valence-electron chi connectivity index (χ3n) is 4.25. The van der Waals surface area contributed by atoms with Gasteiger partial charge in [0.05, 0.1) is 17.6 Å². The molecule has 2 amide bonds. The number of sulfonamides is 1. The number of hydrogen-bond donors (Lipinski definition) is 0. The molecular formula is C14H17Cl2N3O5S2. The molecular weight excluding hydrogens is 425 g/mol. The van der Waals surface area contributed by atoms with Gasteiger partial charge in [0, 0.05) is 39.3 Å². The summed E-state index contributed by atoms with van der Waals surface area (Å²) in [7, 11) is -3.78. The minimum atomic E-state index is -3.78. The maximum atomic E-state index is 12.7. The van der Waals surface area contributed by atoms with Gasteiger partial charge in [0.15, 0.2) is 0 Å². The van der Waals surface area contributed by atoms with Crippen LogP contribution >= 0.6 is 34.5 Å². The number of thiophene rings is 1. The van der Waals surface area contributed by atoms with Crippen LogP contribution in [0.5, 0.6) is 0 Å². The van der Waals surface area contributed by atoms with Crippen molar-refractivity contribution in [3.8, 4) is 0 Å². The van der Waals surface area contributed by atoms with E-state index in [0.717, 1.165) is 11.3 Å². The highest BCUT2D eigenvalue weighted by atomic mass is 35.5. The van der Waals surface area contributed by atoms with E-state index in [4.69, 9.17) is 27.9 Å². The predicted octanol–water partition coefficient (Wildman–Crippen LogP) is 0.747. The SMILES string of the molecule is O=C(C(=O)N1CCN(S(=O)(=O)c2cc(Cl)sc2Cl)CC1)N1CCOCC1. The Balaban J connectivity index is 1.62. The van der Waals surface area contributed by atoms with Crippen LogP contribution in [0.3, 0.4) is 0 Å². The van der Waals surface area contributed by atoms with Crippen LogP contribution < -0.4 is 0 Å². The van der Waals surface area contributed by atoms with E-state index >= 15 is 0 Å². The average Bonchev–Trinajstić information content (AvgIpc) is 3.00. The highest BCUT2D eigenvalue weighted by Crippen LogP contribution is 2.36. The second-order valence-electron chi connectivity index (χ2n) is 5.79. The Kier molecular flexibility index (Phi) is 6.10. The Morgan fingerprint density at radius 1 is 0.962 bits per heavy atom. The molecule has 0 unspecified atom stereocenters. The van der Waals surface area contributed by atoms with Crippen LogP contribution in [0.15, 0.2) is 11.0 Å². The lowest BCUT2D eigenvalue weighted by atomic mass is 10.3. The zero-order valence-electron chi connectivity index (χ0n) is 13.7. The van der Waals surface area contributed by atoms with Gasteiger partial charge in [-0.25, -0.2) is 8.42 Å². The van der Waals surface area contributed by atoms with Gasteiger partial charge in [-0.05, 0) is 6.07 Å². The molecule has 3 rings (SSSR count). The minimum Gasteiger partial charge on any atom is -0.378 e. The second kappa shape index (κ2) is 7.99. The summed E-state index contributed by atoms with van der Waals surface area (Å²) < 4.78 is 32.2. The first kappa shape index (κ1) is 19.8. The fraction of sp³-hybridized carbons (Fsp3) is 0.571. The molecule has 0 saturated carbocycles. The Labute approximate surface area is 165 Å². The Morgan fingerprint density at radius 2 is 1.50 bits per heavy atom. The molecule has 2 aliphatic heterocycles. The predicted molar refractivity (Wildman–Crippen MR) is 97.1 cm³/mol. The summed E-state index contributed by atoms with van der Waals surface area (Å²) in [5, 5.41) is 0. The van der Waals surface area contributed by atoms with Gasteiger partial charge >= 0.3 is 11.8 Å². The van der Waals surface area contributed by atoms with Crippen LogP contribution in [0, 0.1) is 0 Å². The first-order chi connectivity index (χ1) is 12.3. The standard InChI is InChI=1S/C14H17Cl2N3O5S2/c15-11-9-10(12(16)25-11)26(22,23)19-3-1-17(2-4-19)13(20)14(21)18-5-7-24-8-6-18/h9H,1-8H2. The van der Waals surface area contributed by atoms with E-state index in [1.165, 1.54) is 20.2 Å². The van der Waals surface area contributed by atoms with Crippen LogP contribution in [0.1, 0.15) is 0 Å². The van der Waals surface area contributed by atoms with E-state index in [1.54, 1.807) is 0 Å². The van der Waals surface area contributed by atoms with Crippen molar-refractivity contribution in [1.29, 1.82) is 0 Å². The van der Waals surface area contributed by atoms with E-state index in [2.05, 4.69) is 0 Å². The normalized spacial score (nSPS) is 19.6. The van der Waals surface area contributed by atoms with Crippen LogP contribution in [-0.4, -0.2) is 86.8 Å². The largest absolute Gasteiger partial charge is 0.378 e. The third kappa shape index (κ3) is 4.00. The van der Waals surface area contributed by atoms with Gasteiger partial charge in [-0.15, -0.1) is 11.3 Å². The smallest absolute Gasteiger partial charge is 0.312 e. The lowest BCUT2D eigenvalue weighted by molar-refractivity contribution is -0.154. The monoisotopic (exact) mass is 441 g/mol. The van der Waals surface area contributed by atoms with Gasteiger partial charge in [0.2, 0.25) is 10.0 Å². The highest BCUT2D eigenvalue weighted by Gasteiger charge is 2.35. The van der Waals surface area contributed by atoms with Crippen molar-refractivity contribution >= 4 is 56.4 Å². The third-order valence-corrected chi connectivity index (χ3v) is 7.90. The van der Waals surface area contributed by atoms with Gasteiger partial charge in [0.1, 0.15) is 9.23 Å². The summed E-state index contributed by atoms with van der Waals surface area (Å²) in [6, 6.07) is 1.32. The van der Waals surface area contributed by atoms with Crippen LogP contribution in [0.2, 0.25) is 8.67 Å². The number of rotatable bonds is 2. The zero-order chi connectivity index (χ0) is 18.9. The molecule has 0 spiro atoms. The van der Waals surface area contributed by atoms with Crippen LogP contribution in [-0.2, 0) is 24.3 Å². The summed E-state index contributed by atoms with van der Waals surface area (Å²) >= 11 is 12.8. The average molecular weight is 442 g/mol. The second-order valence-corrected chi connectivity index (χ2v) is 9.98. The molecule has 3 heterocycles. The zero-order valence-corrected chi connectivity index (χ0v) is 16.8. The molecule has 1 aromatic heterocycles. The molecule has 2 fully saturated rings. The van der Waals surface area contributed by atoms with Crippen molar-refractivity contribution in [2.24, 2.45) is 0 Å². The molecule has 0 aromatic carbocycles. The van der Waals surface area contributed by atoms with E-state index in [1.807, 2.05) is 0 Å². The Hall–Kier alpha value is -0.910. The summed E-state index contributed by atoms with van der Waals surface area (Å²) in [5.41, 5.74) is 0. The number of ether oxygens (including phenoxy) is 1. The summed E-state index contributed by atoms with van der Waals surface area (Å²) in [5.74, 6) is -1.18. The number of carbonyl (C=O) groups excluding carboxylic acids is 2. The molecule has 0 aliphatic carbocycles. The van der Waals surface area contributed by atoms with Crippen molar-refractivity contribution in [2.45, 2.75) is 4.90 Å². The molecule has 1 aromatic rings. The fourth-order valence-corrected chi connectivity index (χ4v) is 6.34. The molecule has 8 nitrogen and oxygen atoms in total. The summed E-state index contributed by atoms with van der Waals surface area (Å²) in [6.07, 6.45) is 0. The first-order valence-electron chi connectivity index (χ1n) is 7.91. The maximum Gasteiger partial charge on any atom is 0.312 e.